The first-order valence-electron chi connectivity index (χ1n) is 6.50. The molecule has 0 fully saturated rings. The van der Waals surface area contributed by atoms with Gasteiger partial charge in [0.15, 0.2) is 5.84 Å². The van der Waals surface area contributed by atoms with Crippen LogP contribution in [0, 0.1) is 20.8 Å². The van der Waals surface area contributed by atoms with Gasteiger partial charge in [-0.05, 0) is 32.4 Å². The molecule has 0 bridgehead atoms. The zero-order valence-corrected chi connectivity index (χ0v) is 13.1. The molecule has 2 aromatic heterocycles. The van der Waals surface area contributed by atoms with Crippen LogP contribution in [0.15, 0.2) is 16.7 Å². The molecule has 0 aliphatic carbocycles. The summed E-state index contributed by atoms with van der Waals surface area (Å²) < 4.78 is 5.75. The van der Waals surface area contributed by atoms with Gasteiger partial charge in [0.05, 0.1) is 23.4 Å². The van der Waals surface area contributed by atoms with Gasteiger partial charge in [0, 0.05) is 17.0 Å². The Morgan fingerprint density at radius 3 is 2.81 bits per heavy atom. The molecule has 2 aromatic rings. The highest BCUT2D eigenvalue weighted by atomic mass is 32.1. The zero-order valence-electron chi connectivity index (χ0n) is 12.3. The average Bonchev–Trinajstić information content (AvgIpc) is 2.83. The standard InChI is InChI=1S/C14H18N4O2S/c1-8-6-9(2)17-14(12(8)13(15)18-19)20-5-4-11-10(3)16-7-21-11/h6-7,19H,4-5H2,1-3H3,(H2,15,18). The fraction of sp³-hybridized carbons (Fsp3) is 0.357. The third-order valence-electron chi connectivity index (χ3n) is 3.09. The van der Waals surface area contributed by atoms with Crippen LogP contribution in [-0.2, 0) is 6.42 Å². The summed E-state index contributed by atoms with van der Waals surface area (Å²) in [4.78, 5) is 9.73. The van der Waals surface area contributed by atoms with Crippen LogP contribution in [0.2, 0.25) is 0 Å². The average molecular weight is 306 g/mol. The van der Waals surface area contributed by atoms with Crippen molar-refractivity contribution >= 4 is 17.2 Å². The fourth-order valence-electron chi connectivity index (χ4n) is 2.08. The number of thiazole rings is 1. The second-order valence-corrected chi connectivity index (χ2v) is 5.64. The molecule has 112 valence electrons. The number of aromatic nitrogens is 2. The second kappa shape index (κ2) is 6.53. The van der Waals surface area contributed by atoms with Crippen LogP contribution in [0.25, 0.3) is 0 Å². The number of amidine groups is 1. The zero-order chi connectivity index (χ0) is 15.4. The molecule has 0 aromatic carbocycles. The van der Waals surface area contributed by atoms with Crippen molar-refractivity contribution in [1.82, 2.24) is 9.97 Å². The first kappa shape index (κ1) is 15.2. The second-order valence-electron chi connectivity index (χ2n) is 4.71. The van der Waals surface area contributed by atoms with E-state index in [9.17, 15) is 0 Å². The number of nitrogens with two attached hydrogens (primary N) is 1. The molecule has 3 N–H and O–H groups in total. The minimum absolute atomic E-state index is 0.00368. The summed E-state index contributed by atoms with van der Waals surface area (Å²) >= 11 is 1.61. The smallest absolute Gasteiger partial charge is 0.225 e. The normalized spacial score (nSPS) is 11.7. The maximum atomic E-state index is 8.89. The van der Waals surface area contributed by atoms with Crippen molar-refractivity contribution in [1.29, 1.82) is 0 Å². The largest absolute Gasteiger partial charge is 0.477 e. The lowest BCUT2D eigenvalue weighted by atomic mass is 10.1. The molecule has 0 atom stereocenters. The number of aryl methyl sites for hydroxylation is 3. The van der Waals surface area contributed by atoms with Gasteiger partial charge in [0.2, 0.25) is 5.88 Å². The van der Waals surface area contributed by atoms with Crippen molar-refractivity contribution < 1.29 is 9.94 Å². The van der Waals surface area contributed by atoms with E-state index in [4.69, 9.17) is 15.7 Å². The molecule has 0 aliphatic rings. The number of pyridine rings is 1. The number of oxime groups is 1. The molecule has 2 heterocycles. The van der Waals surface area contributed by atoms with Crippen molar-refractivity contribution in [3.8, 4) is 5.88 Å². The monoisotopic (exact) mass is 306 g/mol. The summed E-state index contributed by atoms with van der Waals surface area (Å²) in [5.41, 5.74) is 10.8. The van der Waals surface area contributed by atoms with Crippen LogP contribution in [-0.4, -0.2) is 27.6 Å². The van der Waals surface area contributed by atoms with Gasteiger partial charge in [0.25, 0.3) is 0 Å². The lowest BCUT2D eigenvalue weighted by Crippen LogP contribution is -2.18. The lowest BCUT2D eigenvalue weighted by molar-refractivity contribution is 0.305. The Hall–Kier alpha value is -2.15. The van der Waals surface area contributed by atoms with Gasteiger partial charge in [-0.1, -0.05) is 5.16 Å². The Bertz CT molecular complexity index is 667. The van der Waals surface area contributed by atoms with Crippen LogP contribution in [0.4, 0.5) is 0 Å². The van der Waals surface area contributed by atoms with Crippen LogP contribution >= 0.6 is 11.3 Å². The van der Waals surface area contributed by atoms with E-state index in [1.54, 1.807) is 11.3 Å². The third kappa shape index (κ3) is 3.49. The first-order valence-corrected chi connectivity index (χ1v) is 7.38. The number of rotatable bonds is 5. The minimum atomic E-state index is 0.00368. The molecule has 0 saturated heterocycles. The Labute approximate surface area is 127 Å². The maximum absolute atomic E-state index is 8.89. The highest BCUT2D eigenvalue weighted by Crippen LogP contribution is 2.21. The topological polar surface area (TPSA) is 93.6 Å². The van der Waals surface area contributed by atoms with Crippen molar-refractivity contribution in [2.24, 2.45) is 10.9 Å². The molecule has 0 unspecified atom stereocenters. The molecular weight excluding hydrogens is 288 g/mol. The van der Waals surface area contributed by atoms with E-state index in [-0.39, 0.29) is 5.84 Å². The number of nitrogens with zero attached hydrogens (tertiary/aromatic N) is 3. The van der Waals surface area contributed by atoms with Gasteiger partial charge in [-0.25, -0.2) is 9.97 Å². The summed E-state index contributed by atoms with van der Waals surface area (Å²) in [7, 11) is 0. The van der Waals surface area contributed by atoms with Crippen LogP contribution < -0.4 is 10.5 Å². The molecule has 0 saturated carbocycles. The Balaban J connectivity index is 2.17. The van der Waals surface area contributed by atoms with Crippen molar-refractivity contribution in [2.45, 2.75) is 27.2 Å². The quantitative estimate of drug-likeness (QED) is 0.382. The van der Waals surface area contributed by atoms with Crippen LogP contribution in [0.5, 0.6) is 5.88 Å². The number of hydrogen-bond donors (Lipinski definition) is 2. The number of hydrogen-bond acceptors (Lipinski definition) is 6. The van der Waals surface area contributed by atoms with Crippen molar-refractivity contribution in [3.63, 3.8) is 0 Å². The van der Waals surface area contributed by atoms with Gasteiger partial charge < -0.3 is 15.7 Å². The molecule has 0 radical (unpaired) electrons. The minimum Gasteiger partial charge on any atom is -0.477 e. The van der Waals surface area contributed by atoms with E-state index in [0.717, 1.165) is 23.4 Å². The van der Waals surface area contributed by atoms with Crippen molar-refractivity contribution in [2.75, 3.05) is 6.61 Å². The van der Waals surface area contributed by atoms with E-state index in [1.165, 1.54) is 4.88 Å². The van der Waals surface area contributed by atoms with E-state index in [1.807, 2.05) is 32.3 Å². The van der Waals surface area contributed by atoms with E-state index in [0.29, 0.717) is 18.1 Å². The molecule has 0 spiro atoms. The summed E-state index contributed by atoms with van der Waals surface area (Å²) in [6.07, 6.45) is 0.751. The Morgan fingerprint density at radius 2 is 2.19 bits per heavy atom. The fourth-order valence-corrected chi connectivity index (χ4v) is 2.84. The lowest BCUT2D eigenvalue weighted by Gasteiger charge is -2.12. The van der Waals surface area contributed by atoms with Crippen molar-refractivity contribution in [3.05, 3.63) is 39.0 Å². The molecule has 0 aliphatic heterocycles. The summed E-state index contributed by atoms with van der Waals surface area (Å²) in [6, 6.07) is 1.87. The van der Waals surface area contributed by atoms with Gasteiger partial charge in [-0.3, -0.25) is 0 Å². The van der Waals surface area contributed by atoms with Gasteiger partial charge >= 0.3 is 0 Å². The summed E-state index contributed by atoms with van der Waals surface area (Å²) in [5.74, 6) is 0.397. The summed E-state index contributed by atoms with van der Waals surface area (Å²) in [5, 5.41) is 11.9. The molecule has 6 nitrogen and oxygen atoms in total. The van der Waals surface area contributed by atoms with Crippen LogP contribution in [0.1, 0.15) is 27.4 Å². The molecule has 0 amide bonds. The highest BCUT2D eigenvalue weighted by Gasteiger charge is 2.15. The van der Waals surface area contributed by atoms with Gasteiger partial charge in [-0.15, -0.1) is 11.3 Å². The molecular formula is C14H18N4O2S. The van der Waals surface area contributed by atoms with Gasteiger partial charge in [-0.2, -0.15) is 0 Å². The molecule has 2 rings (SSSR count). The Morgan fingerprint density at radius 1 is 1.43 bits per heavy atom. The predicted octanol–water partition coefficient (Wildman–Crippen LogP) is 2.18. The van der Waals surface area contributed by atoms with E-state index < -0.39 is 0 Å². The van der Waals surface area contributed by atoms with E-state index >= 15 is 0 Å². The highest BCUT2D eigenvalue weighted by molar-refractivity contribution is 7.09. The molecule has 21 heavy (non-hydrogen) atoms. The van der Waals surface area contributed by atoms with Crippen LogP contribution in [0.3, 0.4) is 0 Å². The van der Waals surface area contributed by atoms with Gasteiger partial charge in [0.1, 0.15) is 0 Å². The summed E-state index contributed by atoms with van der Waals surface area (Å²) in [6.45, 7) is 6.19. The predicted molar refractivity (Wildman–Crippen MR) is 82.3 cm³/mol. The number of ether oxygens (including phenoxy) is 1. The Kier molecular flexibility index (Phi) is 4.74. The first-order chi connectivity index (χ1) is 10.0. The molecule has 7 heteroatoms. The SMILES string of the molecule is Cc1cc(C)c(C(N)=NO)c(OCCc2scnc2C)n1. The third-order valence-corrected chi connectivity index (χ3v) is 4.08. The van der Waals surface area contributed by atoms with E-state index in [2.05, 4.69) is 15.1 Å². The maximum Gasteiger partial charge on any atom is 0.225 e.